The number of allylic oxidation sites excluding steroid dienone is 1. The normalized spacial score (nSPS) is 10.7. The predicted molar refractivity (Wildman–Crippen MR) is 124 cm³/mol. The Labute approximate surface area is 190 Å². The molecule has 0 aliphatic heterocycles. The molecule has 144 valence electrons. The van der Waals surface area contributed by atoms with Gasteiger partial charge in [-0.1, -0.05) is 41.0 Å². The van der Waals surface area contributed by atoms with E-state index in [0.29, 0.717) is 27.6 Å². The van der Waals surface area contributed by atoms with E-state index in [1.807, 2.05) is 28.8 Å². The van der Waals surface area contributed by atoms with E-state index in [1.165, 1.54) is 11.8 Å². The van der Waals surface area contributed by atoms with Gasteiger partial charge in [-0.25, -0.2) is 0 Å². The lowest BCUT2D eigenvalue weighted by atomic mass is 10.2. The number of anilines is 1. The molecule has 0 saturated carbocycles. The van der Waals surface area contributed by atoms with Crippen LogP contribution in [0, 0.1) is 3.57 Å². The Kier molecular flexibility index (Phi) is 7.39. The Morgan fingerprint density at radius 2 is 1.96 bits per heavy atom. The zero-order chi connectivity index (χ0) is 20.1. The molecule has 0 fully saturated rings. The average molecular weight is 545 g/mol. The molecular formula is C19H15Cl2IN4OS. The van der Waals surface area contributed by atoms with Gasteiger partial charge in [-0.2, -0.15) is 0 Å². The highest BCUT2D eigenvalue weighted by Crippen LogP contribution is 2.31. The summed E-state index contributed by atoms with van der Waals surface area (Å²) in [6.45, 7) is 4.27. The maximum absolute atomic E-state index is 12.3. The third-order valence-corrected chi connectivity index (χ3v) is 5.89. The van der Waals surface area contributed by atoms with E-state index in [2.05, 4.69) is 44.7 Å². The fourth-order valence-electron chi connectivity index (χ4n) is 2.42. The zero-order valence-corrected chi connectivity index (χ0v) is 19.0. The van der Waals surface area contributed by atoms with Gasteiger partial charge in [0.15, 0.2) is 11.0 Å². The first-order chi connectivity index (χ1) is 13.5. The molecule has 0 atom stereocenters. The van der Waals surface area contributed by atoms with Gasteiger partial charge < -0.3 is 5.32 Å². The molecule has 0 saturated heterocycles. The van der Waals surface area contributed by atoms with Crippen molar-refractivity contribution in [1.29, 1.82) is 0 Å². The van der Waals surface area contributed by atoms with Crippen LogP contribution in [0.3, 0.4) is 0 Å². The molecule has 3 aromatic rings. The number of amides is 1. The highest BCUT2D eigenvalue weighted by Gasteiger charge is 2.17. The van der Waals surface area contributed by atoms with Crippen LogP contribution in [-0.4, -0.2) is 26.4 Å². The van der Waals surface area contributed by atoms with Crippen LogP contribution >= 0.6 is 57.6 Å². The first-order valence-electron chi connectivity index (χ1n) is 8.15. The Morgan fingerprint density at radius 3 is 2.64 bits per heavy atom. The summed E-state index contributed by atoms with van der Waals surface area (Å²) in [5, 5.41) is 13.0. The molecule has 9 heteroatoms. The quantitative estimate of drug-likeness (QED) is 0.233. The van der Waals surface area contributed by atoms with Crippen molar-refractivity contribution in [3.63, 3.8) is 0 Å². The van der Waals surface area contributed by atoms with Gasteiger partial charge in [0.1, 0.15) is 0 Å². The van der Waals surface area contributed by atoms with Crippen LogP contribution in [0.25, 0.3) is 11.4 Å². The molecule has 28 heavy (non-hydrogen) atoms. The Balaban J connectivity index is 1.75. The number of benzene rings is 2. The summed E-state index contributed by atoms with van der Waals surface area (Å²) in [5.41, 5.74) is 1.47. The molecule has 0 spiro atoms. The average Bonchev–Trinajstić information content (AvgIpc) is 3.05. The largest absolute Gasteiger partial charge is 0.325 e. The molecule has 3 rings (SSSR count). The van der Waals surface area contributed by atoms with E-state index in [0.717, 1.165) is 14.8 Å². The Hall–Kier alpha value is -1.55. The number of hydrogen-bond donors (Lipinski definition) is 1. The lowest BCUT2D eigenvalue weighted by Crippen LogP contribution is -2.14. The van der Waals surface area contributed by atoms with Gasteiger partial charge in [0, 0.05) is 26.4 Å². The minimum atomic E-state index is -0.120. The summed E-state index contributed by atoms with van der Waals surface area (Å²) < 4.78 is 2.97. The first-order valence-corrected chi connectivity index (χ1v) is 11.0. The van der Waals surface area contributed by atoms with E-state index >= 15 is 0 Å². The summed E-state index contributed by atoms with van der Waals surface area (Å²) >= 11 is 15.8. The first kappa shape index (κ1) is 21.2. The fraction of sp³-hybridized carbons (Fsp3) is 0.105. The van der Waals surface area contributed by atoms with E-state index in [9.17, 15) is 4.79 Å². The van der Waals surface area contributed by atoms with Crippen molar-refractivity contribution in [2.45, 2.75) is 11.7 Å². The lowest BCUT2D eigenvalue weighted by Gasteiger charge is -2.09. The molecule has 0 aliphatic rings. The number of rotatable bonds is 7. The molecule has 5 nitrogen and oxygen atoms in total. The number of hydrogen-bond acceptors (Lipinski definition) is 4. The van der Waals surface area contributed by atoms with Gasteiger partial charge in [0.05, 0.1) is 10.8 Å². The van der Waals surface area contributed by atoms with E-state index in [4.69, 9.17) is 23.2 Å². The summed E-state index contributed by atoms with van der Waals surface area (Å²) in [6, 6.07) is 12.8. The third kappa shape index (κ3) is 5.28. The monoisotopic (exact) mass is 544 g/mol. The molecule has 0 aliphatic carbocycles. The van der Waals surface area contributed by atoms with Crippen LogP contribution < -0.4 is 5.32 Å². The highest BCUT2D eigenvalue weighted by molar-refractivity contribution is 14.1. The van der Waals surface area contributed by atoms with Crippen molar-refractivity contribution in [1.82, 2.24) is 14.8 Å². The zero-order valence-electron chi connectivity index (χ0n) is 14.5. The number of carbonyl (C=O) groups is 1. The van der Waals surface area contributed by atoms with E-state index in [-0.39, 0.29) is 11.7 Å². The lowest BCUT2D eigenvalue weighted by molar-refractivity contribution is -0.113. The molecule has 0 bridgehead atoms. The second kappa shape index (κ2) is 9.78. The van der Waals surface area contributed by atoms with Gasteiger partial charge in [0.25, 0.3) is 0 Å². The van der Waals surface area contributed by atoms with Crippen molar-refractivity contribution in [2.24, 2.45) is 0 Å². The summed E-state index contributed by atoms with van der Waals surface area (Å²) in [6.07, 6.45) is 1.74. The molecule has 1 N–H and O–H groups in total. The summed E-state index contributed by atoms with van der Waals surface area (Å²) in [7, 11) is 0. The van der Waals surface area contributed by atoms with Gasteiger partial charge in [-0.15, -0.1) is 16.8 Å². The number of nitrogens with one attached hydrogen (secondary N) is 1. The fourth-order valence-corrected chi connectivity index (χ4v) is 4.02. The van der Waals surface area contributed by atoms with Crippen LogP contribution in [-0.2, 0) is 11.3 Å². The smallest absolute Gasteiger partial charge is 0.234 e. The molecule has 1 amide bonds. The van der Waals surface area contributed by atoms with Crippen LogP contribution in [0.1, 0.15) is 0 Å². The predicted octanol–water partition coefficient (Wildman–Crippen LogP) is 5.77. The second-order valence-electron chi connectivity index (χ2n) is 5.67. The van der Waals surface area contributed by atoms with Crippen molar-refractivity contribution >= 4 is 69.1 Å². The Bertz CT molecular complexity index is 1010. The second-order valence-corrected chi connectivity index (χ2v) is 8.71. The summed E-state index contributed by atoms with van der Waals surface area (Å²) in [4.78, 5) is 12.3. The van der Waals surface area contributed by atoms with Crippen LogP contribution in [0.15, 0.2) is 60.3 Å². The third-order valence-electron chi connectivity index (χ3n) is 3.66. The molecule has 2 aromatic carbocycles. The van der Waals surface area contributed by atoms with Gasteiger partial charge >= 0.3 is 0 Å². The van der Waals surface area contributed by atoms with Crippen molar-refractivity contribution < 1.29 is 4.79 Å². The standard InChI is InChI=1S/C19H15Cl2IN4OS/c1-2-9-26-18(15-8-3-12(20)10-16(15)21)24-25-19(26)28-11-17(27)23-14-6-4-13(22)5-7-14/h2-8,10H,1,9,11H2,(H,23,27). The maximum Gasteiger partial charge on any atom is 0.234 e. The van der Waals surface area contributed by atoms with Gasteiger partial charge in [0.2, 0.25) is 5.91 Å². The topological polar surface area (TPSA) is 59.8 Å². The van der Waals surface area contributed by atoms with Crippen LogP contribution in [0.2, 0.25) is 10.0 Å². The molecule has 0 radical (unpaired) electrons. The van der Waals surface area contributed by atoms with Crippen LogP contribution in [0.4, 0.5) is 5.69 Å². The Morgan fingerprint density at radius 1 is 1.21 bits per heavy atom. The van der Waals surface area contributed by atoms with Gasteiger partial charge in [-0.05, 0) is 65.1 Å². The number of halogens is 3. The maximum atomic E-state index is 12.3. The summed E-state index contributed by atoms with van der Waals surface area (Å²) in [5.74, 6) is 0.683. The van der Waals surface area contributed by atoms with Crippen molar-refractivity contribution in [3.8, 4) is 11.4 Å². The molecular weight excluding hydrogens is 530 g/mol. The minimum Gasteiger partial charge on any atom is -0.325 e. The number of thioether (sulfide) groups is 1. The van der Waals surface area contributed by atoms with Crippen LogP contribution in [0.5, 0.6) is 0 Å². The molecule has 1 heterocycles. The van der Waals surface area contributed by atoms with Crippen molar-refractivity contribution in [3.05, 3.63) is 68.7 Å². The molecule has 0 unspecified atom stereocenters. The number of nitrogens with zero attached hydrogens (tertiary/aromatic N) is 3. The van der Waals surface area contributed by atoms with Crippen molar-refractivity contribution in [2.75, 3.05) is 11.1 Å². The number of aromatic nitrogens is 3. The minimum absolute atomic E-state index is 0.120. The van der Waals surface area contributed by atoms with E-state index < -0.39 is 0 Å². The van der Waals surface area contributed by atoms with E-state index in [1.54, 1.807) is 24.3 Å². The molecule has 1 aromatic heterocycles. The highest BCUT2D eigenvalue weighted by atomic mass is 127. The SMILES string of the molecule is C=CCn1c(SCC(=O)Nc2ccc(I)cc2)nnc1-c1ccc(Cl)cc1Cl. The van der Waals surface area contributed by atoms with Gasteiger partial charge in [-0.3, -0.25) is 9.36 Å². The number of carbonyl (C=O) groups excluding carboxylic acids is 1.